The van der Waals surface area contributed by atoms with Crippen molar-refractivity contribution in [1.29, 1.82) is 0 Å². The Balaban J connectivity index is 1.81. The first kappa shape index (κ1) is 16.9. The van der Waals surface area contributed by atoms with Gasteiger partial charge in [-0.1, -0.05) is 12.8 Å². The summed E-state index contributed by atoms with van der Waals surface area (Å²) in [6.45, 7) is 1.96. The molecule has 1 amide bonds. The third-order valence-corrected chi connectivity index (χ3v) is 5.25. The van der Waals surface area contributed by atoms with Gasteiger partial charge < -0.3 is 14.4 Å². The number of nitrogens with zero attached hydrogens (tertiary/aromatic N) is 2. The normalized spacial score (nSPS) is 20.1. The third kappa shape index (κ3) is 3.75. The minimum Gasteiger partial charge on any atom is -0.497 e. The molecule has 2 heterocycles. The molecule has 6 heteroatoms. The Morgan fingerprint density at radius 1 is 1.12 bits per heavy atom. The number of amidine groups is 1. The van der Waals surface area contributed by atoms with Gasteiger partial charge in [-0.25, -0.2) is 0 Å². The standard InChI is InChI=1S/C18H22N2O3S/c1-22-14-7-8-15(23-2)13(11-14)12-16-17(21)19-18(24-16)20-9-5-3-4-6-10-20/h7-8,11-12H,3-6,9-10H2,1-2H3/b16-12+. The van der Waals surface area contributed by atoms with E-state index in [0.717, 1.165) is 42.4 Å². The monoisotopic (exact) mass is 346 g/mol. The number of carbonyl (C=O) groups is 1. The highest BCUT2D eigenvalue weighted by Gasteiger charge is 2.26. The van der Waals surface area contributed by atoms with Crippen molar-refractivity contribution in [3.05, 3.63) is 28.7 Å². The van der Waals surface area contributed by atoms with Gasteiger partial charge in [0.05, 0.1) is 19.1 Å². The van der Waals surface area contributed by atoms with Gasteiger partial charge in [0.25, 0.3) is 5.91 Å². The van der Waals surface area contributed by atoms with Crippen molar-refractivity contribution in [2.75, 3.05) is 27.3 Å². The molecule has 1 aromatic carbocycles. The lowest BCUT2D eigenvalue weighted by Gasteiger charge is -2.20. The van der Waals surface area contributed by atoms with Crippen LogP contribution < -0.4 is 9.47 Å². The first-order valence-corrected chi connectivity index (χ1v) is 9.02. The fourth-order valence-electron chi connectivity index (χ4n) is 2.89. The van der Waals surface area contributed by atoms with E-state index in [4.69, 9.17) is 9.47 Å². The van der Waals surface area contributed by atoms with Gasteiger partial charge in [0.2, 0.25) is 0 Å². The number of ether oxygens (including phenoxy) is 2. The number of methoxy groups -OCH3 is 2. The average molecular weight is 346 g/mol. The molecular weight excluding hydrogens is 324 g/mol. The number of thioether (sulfide) groups is 1. The lowest BCUT2D eigenvalue weighted by atomic mass is 10.1. The van der Waals surface area contributed by atoms with Gasteiger partial charge >= 0.3 is 0 Å². The van der Waals surface area contributed by atoms with Crippen LogP contribution in [0.25, 0.3) is 6.08 Å². The highest BCUT2D eigenvalue weighted by molar-refractivity contribution is 8.18. The van der Waals surface area contributed by atoms with Crippen LogP contribution in [-0.2, 0) is 4.79 Å². The molecule has 5 nitrogen and oxygen atoms in total. The molecule has 0 unspecified atom stereocenters. The van der Waals surface area contributed by atoms with Crippen LogP contribution >= 0.6 is 11.8 Å². The van der Waals surface area contributed by atoms with E-state index < -0.39 is 0 Å². The number of aliphatic imine (C=N–C) groups is 1. The van der Waals surface area contributed by atoms with E-state index in [-0.39, 0.29) is 5.91 Å². The summed E-state index contributed by atoms with van der Waals surface area (Å²) in [5.74, 6) is 1.26. The van der Waals surface area contributed by atoms with E-state index in [2.05, 4.69) is 9.89 Å². The quantitative estimate of drug-likeness (QED) is 0.784. The summed E-state index contributed by atoms with van der Waals surface area (Å²) in [6.07, 6.45) is 6.67. The summed E-state index contributed by atoms with van der Waals surface area (Å²) >= 11 is 1.45. The van der Waals surface area contributed by atoms with E-state index in [1.807, 2.05) is 24.3 Å². The smallest absolute Gasteiger partial charge is 0.286 e. The Morgan fingerprint density at radius 3 is 2.54 bits per heavy atom. The highest BCUT2D eigenvalue weighted by Crippen LogP contribution is 2.34. The Kier molecular flexibility index (Phi) is 5.45. The molecule has 2 aliphatic heterocycles. The average Bonchev–Trinajstić information content (AvgIpc) is 2.81. The summed E-state index contributed by atoms with van der Waals surface area (Å²) in [5.41, 5.74) is 0.819. The number of carbonyl (C=O) groups excluding carboxylic acids is 1. The molecule has 0 N–H and O–H groups in total. The van der Waals surface area contributed by atoms with E-state index in [0.29, 0.717) is 10.7 Å². The first-order valence-electron chi connectivity index (χ1n) is 8.21. The highest BCUT2D eigenvalue weighted by atomic mass is 32.2. The minimum absolute atomic E-state index is 0.177. The summed E-state index contributed by atoms with van der Waals surface area (Å²) in [5, 5.41) is 0.829. The van der Waals surface area contributed by atoms with Crippen LogP contribution in [0.1, 0.15) is 31.2 Å². The van der Waals surface area contributed by atoms with Gasteiger partial charge in [-0.15, -0.1) is 0 Å². The van der Waals surface area contributed by atoms with Crippen molar-refractivity contribution in [3.63, 3.8) is 0 Å². The second-order valence-corrected chi connectivity index (χ2v) is 6.83. The molecule has 3 rings (SSSR count). The van der Waals surface area contributed by atoms with Crippen molar-refractivity contribution >= 4 is 28.9 Å². The molecule has 1 aromatic rings. The first-order chi connectivity index (χ1) is 11.7. The Bertz CT molecular complexity index is 677. The molecule has 0 saturated carbocycles. The zero-order valence-electron chi connectivity index (χ0n) is 14.1. The number of hydrogen-bond donors (Lipinski definition) is 0. The summed E-state index contributed by atoms with van der Waals surface area (Å²) < 4.78 is 10.6. The fourth-order valence-corrected chi connectivity index (χ4v) is 3.84. The lowest BCUT2D eigenvalue weighted by molar-refractivity contribution is -0.113. The van der Waals surface area contributed by atoms with Crippen molar-refractivity contribution < 1.29 is 14.3 Å². The molecule has 24 heavy (non-hydrogen) atoms. The van der Waals surface area contributed by atoms with Gasteiger partial charge in [-0.2, -0.15) is 4.99 Å². The molecule has 1 saturated heterocycles. The topological polar surface area (TPSA) is 51.1 Å². The molecular formula is C18H22N2O3S. The SMILES string of the molecule is COc1ccc(OC)c(/C=C2/SC(N3CCCCCC3)=NC2=O)c1. The van der Waals surface area contributed by atoms with Crippen molar-refractivity contribution in [3.8, 4) is 11.5 Å². The van der Waals surface area contributed by atoms with Crippen LogP contribution in [-0.4, -0.2) is 43.3 Å². The van der Waals surface area contributed by atoms with Crippen molar-refractivity contribution in [2.24, 2.45) is 4.99 Å². The Labute approximate surface area is 146 Å². The van der Waals surface area contributed by atoms with Gasteiger partial charge in [-0.3, -0.25) is 4.79 Å². The summed E-state index contributed by atoms with van der Waals surface area (Å²) in [7, 11) is 3.24. The number of hydrogen-bond acceptors (Lipinski definition) is 5. The zero-order chi connectivity index (χ0) is 16.9. The van der Waals surface area contributed by atoms with Gasteiger partial charge in [0, 0.05) is 18.7 Å². The van der Waals surface area contributed by atoms with Crippen LogP contribution in [0.3, 0.4) is 0 Å². The predicted molar refractivity (Wildman–Crippen MR) is 97.6 cm³/mol. The number of benzene rings is 1. The number of rotatable bonds is 3. The molecule has 0 aromatic heterocycles. The molecule has 0 spiro atoms. The molecule has 0 bridgehead atoms. The second kappa shape index (κ2) is 7.75. The summed E-state index contributed by atoms with van der Waals surface area (Å²) in [6, 6.07) is 5.54. The maximum absolute atomic E-state index is 12.3. The van der Waals surface area contributed by atoms with Gasteiger partial charge in [0.1, 0.15) is 11.5 Å². The van der Waals surface area contributed by atoms with Crippen LogP contribution in [0.4, 0.5) is 0 Å². The third-order valence-electron chi connectivity index (χ3n) is 4.21. The maximum Gasteiger partial charge on any atom is 0.286 e. The van der Waals surface area contributed by atoms with E-state index in [1.54, 1.807) is 14.2 Å². The van der Waals surface area contributed by atoms with Crippen LogP contribution in [0, 0.1) is 0 Å². The van der Waals surface area contributed by atoms with Crippen molar-refractivity contribution in [2.45, 2.75) is 25.7 Å². The van der Waals surface area contributed by atoms with Crippen LogP contribution in [0.2, 0.25) is 0 Å². The summed E-state index contributed by atoms with van der Waals surface area (Å²) in [4.78, 5) is 19.4. The Morgan fingerprint density at radius 2 is 1.88 bits per heavy atom. The zero-order valence-corrected chi connectivity index (χ0v) is 14.9. The minimum atomic E-state index is -0.177. The second-order valence-electron chi connectivity index (χ2n) is 5.82. The molecule has 2 aliphatic rings. The molecule has 0 radical (unpaired) electrons. The van der Waals surface area contributed by atoms with Gasteiger partial charge in [0.15, 0.2) is 5.17 Å². The number of likely N-dealkylation sites (tertiary alicyclic amines) is 1. The van der Waals surface area contributed by atoms with Crippen LogP contribution in [0.5, 0.6) is 11.5 Å². The maximum atomic E-state index is 12.3. The van der Waals surface area contributed by atoms with E-state index in [9.17, 15) is 4.79 Å². The number of amides is 1. The lowest BCUT2D eigenvalue weighted by Crippen LogP contribution is -2.28. The molecule has 128 valence electrons. The molecule has 0 aliphatic carbocycles. The van der Waals surface area contributed by atoms with Gasteiger partial charge in [-0.05, 0) is 48.9 Å². The fraction of sp³-hybridized carbons (Fsp3) is 0.444. The Hall–Kier alpha value is -1.95. The van der Waals surface area contributed by atoms with Crippen LogP contribution in [0.15, 0.2) is 28.1 Å². The largest absolute Gasteiger partial charge is 0.497 e. The molecule has 0 atom stereocenters. The molecule has 1 fully saturated rings. The van der Waals surface area contributed by atoms with E-state index in [1.165, 1.54) is 24.6 Å². The van der Waals surface area contributed by atoms with Crippen molar-refractivity contribution in [1.82, 2.24) is 4.90 Å². The van der Waals surface area contributed by atoms with E-state index >= 15 is 0 Å². The predicted octanol–water partition coefficient (Wildman–Crippen LogP) is 3.55.